The van der Waals surface area contributed by atoms with Crippen molar-refractivity contribution in [3.63, 3.8) is 0 Å². The Balaban J connectivity index is 2.16. The Morgan fingerprint density at radius 1 is 1.10 bits per heavy atom. The molecule has 0 aromatic heterocycles. The number of anilines is 2. The molecule has 1 heterocycles. The molecular weight excluding hydrogens is 412 g/mol. The third-order valence-corrected chi connectivity index (χ3v) is 7.49. The number of nitrogens with one attached hydrogen (secondary N) is 1. The molecule has 154 valence electrons. The fourth-order valence-corrected chi connectivity index (χ4v) is 5.25. The van der Waals surface area contributed by atoms with E-state index in [1.165, 1.54) is 33.0 Å². The van der Waals surface area contributed by atoms with Crippen molar-refractivity contribution in [2.75, 3.05) is 37.1 Å². The average molecular weight is 435 g/mol. The molecule has 0 fully saturated rings. The summed E-state index contributed by atoms with van der Waals surface area (Å²) in [6.45, 7) is 1.62. The van der Waals surface area contributed by atoms with Crippen LogP contribution in [0.1, 0.15) is 12.5 Å². The highest BCUT2D eigenvalue weighted by molar-refractivity contribution is 7.98. The van der Waals surface area contributed by atoms with Crippen LogP contribution in [-0.4, -0.2) is 41.8 Å². The fourth-order valence-electron chi connectivity index (χ4n) is 3.23. The summed E-state index contributed by atoms with van der Waals surface area (Å²) in [4.78, 5) is 13.6. The number of allylic oxidation sites excluding steroid dienone is 1. The highest BCUT2D eigenvalue weighted by atomic mass is 32.2. The van der Waals surface area contributed by atoms with Gasteiger partial charge in [0.15, 0.2) is 16.4 Å². The van der Waals surface area contributed by atoms with Gasteiger partial charge >= 0.3 is 0 Å². The van der Waals surface area contributed by atoms with Crippen LogP contribution in [0.2, 0.25) is 0 Å². The number of fused-ring (bicyclic) bond motifs is 1. The van der Waals surface area contributed by atoms with E-state index in [0.29, 0.717) is 34.0 Å². The third kappa shape index (κ3) is 3.56. The second-order valence-electron chi connectivity index (χ2n) is 6.31. The SMILES string of the molecule is COc1cc2c(cc1OC)N(C)S(=O)(=O)C(C(=O)Nc1ccccc1SC)=C2C. The second kappa shape index (κ2) is 8.00. The first-order chi connectivity index (χ1) is 13.8. The van der Waals surface area contributed by atoms with Gasteiger partial charge in [-0.25, -0.2) is 8.42 Å². The number of hydrogen-bond donors (Lipinski definition) is 1. The van der Waals surface area contributed by atoms with Crippen LogP contribution in [0.4, 0.5) is 11.4 Å². The Bertz CT molecular complexity index is 1110. The highest BCUT2D eigenvalue weighted by Crippen LogP contribution is 2.44. The van der Waals surface area contributed by atoms with Gasteiger partial charge in [-0.1, -0.05) is 12.1 Å². The molecule has 0 aliphatic carbocycles. The molecule has 1 aliphatic heterocycles. The number of carbonyl (C=O) groups excluding carboxylic acids is 1. The van der Waals surface area contributed by atoms with Crippen molar-refractivity contribution in [2.24, 2.45) is 0 Å². The molecule has 3 rings (SSSR count). The molecule has 0 saturated carbocycles. The number of amides is 1. The molecule has 1 amide bonds. The Kier molecular flexibility index (Phi) is 5.81. The normalized spacial score (nSPS) is 15.0. The lowest BCUT2D eigenvalue weighted by atomic mass is 10.0. The van der Waals surface area contributed by atoms with E-state index in [9.17, 15) is 13.2 Å². The molecular formula is C20H22N2O5S2. The maximum atomic E-state index is 13.2. The van der Waals surface area contributed by atoms with Crippen molar-refractivity contribution in [1.82, 2.24) is 0 Å². The van der Waals surface area contributed by atoms with E-state index in [4.69, 9.17) is 9.47 Å². The summed E-state index contributed by atoms with van der Waals surface area (Å²) in [6.07, 6.45) is 1.89. The summed E-state index contributed by atoms with van der Waals surface area (Å²) >= 11 is 1.46. The van der Waals surface area contributed by atoms with Crippen molar-refractivity contribution in [1.29, 1.82) is 0 Å². The number of methoxy groups -OCH3 is 2. The van der Waals surface area contributed by atoms with Crippen molar-refractivity contribution in [3.8, 4) is 11.5 Å². The largest absolute Gasteiger partial charge is 0.493 e. The summed E-state index contributed by atoms with van der Waals surface area (Å²) < 4.78 is 38.0. The van der Waals surface area contributed by atoms with Crippen LogP contribution in [0.25, 0.3) is 5.57 Å². The van der Waals surface area contributed by atoms with Crippen molar-refractivity contribution < 1.29 is 22.7 Å². The maximum absolute atomic E-state index is 13.2. The zero-order valence-corrected chi connectivity index (χ0v) is 18.4. The molecule has 2 aromatic rings. The van der Waals surface area contributed by atoms with E-state index in [2.05, 4.69) is 5.32 Å². The minimum atomic E-state index is -4.05. The topological polar surface area (TPSA) is 84.9 Å². The Morgan fingerprint density at radius 2 is 1.72 bits per heavy atom. The van der Waals surface area contributed by atoms with Gasteiger partial charge in [0.05, 0.1) is 25.6 Å². The molecule has 0 radical (unpaired) electrons. The van der Waals surface area contributed by atoms with Crippen LogP contribution in [-0.2, 0) is 14.8 Å². The highest BCUT2D eigenvalue weighted by Gasteiger charge is 2.38. The van der Waals surface area contributed by atoms with Crippen LogP contribution in [0.5, 0.6) is 11.5 Å². The van der Waals surface area contributed by atoms with Crippen LogP contribution in [0.3, 0.4) is 0 Å². The Hall–Kier alpha value is -2.65. The maximum Gasteiger partial charge on any atom is 0.269 e. The quantitative estimate of drug-likeness (QED) is 0.724. The van der Waals surface area contributed by atoms with Gasteiger partial charge in [-0.15, -0.1) is 11.8 Å². The standard InChI is InChI=1S/C20H22N2O5S2/c1-12-13-10-16(26-3)17(27-4)11-15(13)22(2)29(24,25)19(12)20(23)21-14-8-6-7-9-18(14)28-5/h6-11H,1-5H3,(H,21,23). The second-order valence-corrected chi connectivity index (χ2v) is 9.06. The van der Waals surface area contributed by atoms with Gasteiger partial charge in [-0.05, 0) is 37.0 Å². The number of nitrogens with zero attached hydrogens (tertiary/aromatic N) is 1. The molecule has 0 atom stereocenters. The number of sulfonamides is 1. The van der Waals surface area contributed by atoms with Crippen molar-refractivity contribution in [2.45, 2.75) is 11.8 Å². The van der Waals surface area contributed by atoms with Crippen LogP contribution in [0, 0.1) is 0 Å². The fraction of sp³-hybridized carbons (Fsp3) is 0.250. The zero-order chi connectivity index (χ0) is 21.3. The number of ether oxygens (including phenoxy) is 2. The minimum absolute atomic E-state index is 0.296. The van der Waals surface area contributed by atoms with E-state index in [1.54, 1.807) is 31.2 Å². The predicted octanol–water partition coefficient (Wildman–Crippen LogP) is 3.58. The predicted molar refractivity (Wildman–Crippen MR) is 116 cm³/mol. The summed E-state index contributed by atoms with van der Waals surface area (Å²) in [6, 6.07) is 10.5. The van der Waals surface area contributed by atoms with E-state index in [0.717, 1.165) is 9.20 Å². The van der Waals surface area contributed by atoms with E-state index < -0.39 is 15.9 Å². The summed E-state index contributed by atoms with van der Waals surface area (Å²) in [5.41, 5.74) is 1.91. The van der Waals surface area contributed by atoms with Gasteiger partial charge in [-0.3, -0.25) is 9.10 Å². The number of rotatable bonds is 5. The molecule has 0 unspecified atom stereocenters. The molecule has 7 nitrogen and oxygen atoms in total. The van der Waals surface area contributed by atoms with Crippen molar-refractivity contribution in [3.05, 3.63) is 46.9 Å². The van der Waals surface area contributed by atoms with Crippen molar-refractivity contribution >= 4 is 44.6 Å². The molecule has 2 aromatic carbocycles. The molecule has 1 N–H and O–H groups in total. The molecule has 29 heavy (non-hydrogen) atoms. The first-order valence-corrected chi connectivity index (χ1v) is 11.3. The van der Waals surface area contributed by atoms with Gasteiger partial charge in [-0.2, -0.15) is 0 Å². The average Bonchev–Trinajstić information content (AvgIpc) is 2.71. The molecule has 0 saturated heterocycles. The Labute approximate surface area is 174 Å². The first kappa shape index (κ1) is 21.1. The monoisotopic (exact) mass is 434 g/mol. The van der Waals surface area contributed by atoms with E-state index in [1.807, 2.05) is 18.4 Å². The molecule has 9 heteroatoms. The lowest BCUT2D eigenvalue weighted by Crippen LogP contribution is -2.36. The summed E-state index contributed by atoms with van der Waals surface area (Å²) in [5.74, 6) is 0.171. The zero-order valence-electron chi connectivity index (χ0n) is 16.8. The van der Waals surface area contributed by atoms with E-state index >= 15 is 0 Å². The van der Waals surface area contributed by atoms with Gasteiger partial charge < -0.3 is 14.8 Å². The minimum Gasteiger partial charge on any atom is -0.493 e. The van der Waals surface area contributed by atoms with Gasteiger partial charge in [0.2, 0.25) is 0 Å². The van der Waals surface area contributed by atoms with Gasteiger partial charge in [0, 0.05) is 23.6 Å². The smallest absolute Gasteiger partial charge is 0.269 e. The van der Waals surface area contributed by atoms with Gasteiger partial charge in [0.1, 0.15) is 0 Å². The van der Waals surface area contributed by atoms with Crippen LogP contribution < -0.4 is 19.1 Å². The molecule has 1 aliphatic rings. The number of carbonyl (C=O) groups is 1. The number of para-hydroxylation sites is 1. The number of thioether (sulfide) groups is 1. The summed E-state index contributed by atoms with van der Waals surface area (Å²) in [5, 5.41) is 2.74. The lowest BCUT2D eigenvalue weighted by Gasteiger charge is -2.30. The van der Waals surface area contributed by atoms with E-state index in [-0.39, 0.29) is 4.91 Å². The molecule has 0 spiro atoms. The molecule has 0 bridgehead atoms. The number of hydrogen-bond acceptors (Lipinski definition) is 6. The lowest BCUT2D eigenvalue weighted by molar-refractivity contribution is -0.112. The first-order valence-electron chi connectivity index (χ1n) is 8.66. The summed E-state index contributed by atoms with van der Waals surface area (Å²) in [7, 11) is 0.340. The Morgan fingerprint density at radius 3 is 2.34 bits per heavy atom. The third-order valence-electron chi connectivity index (χ3n) is 4.77. The number of benzene rings is 2. The van der Waals surface area contributed by atoms with Crippen LogP contribution >= 0.6 is 11.8 Å². The van der Waals surface area contributed by atoms with Crippen LogP contribution in [0.15, 0.2) is 46.2 Å². The van der Waals surface area contributed by atoms with Gasteiger partial charge in [0.25, 0.3) is 15.9 Å².